The normalized spacial score (nSPS) is 11.4. The van der Waals surface area contributed by atoms with Crippen LogP contribution in [0.5, 0.6) is 11.5 Å². The Morgan fingerprint density at radius 2 is 1.95 bits per heavy atom. The molecule has 0 fully saturated rings. The van der Waals surface area contributed by atoms with Gasteiger partial charge in [0.15, 0.2) is 0 Å². The van der Waals surface area contributed by atoms with Gasteiger partial charge in [-0.05, 0) is 29.5 Å². The third-order valence-electron chi connectivity index (χ3n) is 3.05. The number of carbonyl (C=O) groups is 1. The number of ether oxygens (including phenoxy) is 1. The SMILES string of the molecule is Cc1cc(C(C)(C)C)ccc1Oc1csc(C(=O)O)c1. The van der Waals surface area contributed by atoms with Crippen molar-refractivity contribution in [2.24, 2.45) is 0 Å². The Balaban J connectivity index is 2.23. The molecule has 0 amide bonds. The lowest BCUT2D eigenvalue weighted by atomic mass is 9.86. The predicted octanol–water partition coefficient (Wildman–Crippen LogP) is 4.84. The Morgan fingerprint density at radius 1 is 1.25 bits per heavy atom. The minimum Gasteiger partial charge on any atom is -0.477 e. The Labute approximate surface area is 122 Å². The molecule has 1 aromatic heterocycles. The topological polar surface area (TPSA) is 46.5 Å². The van der Waals surface area contributed by atoms with Crippen LogP contribution in [0.1, 0.15) is 41.6 Å². The number of aromatic carboxylic acids is 1. The molecule has 1 heterocycles. The molecule has 0 saturated carbocycles. The van der Waals surface area contributed by atoms with E-state index in [4.69, 9.17) is 9.84 Å². The first-order valence-corrected chi connectivity index (χ1v) is 7.26. The first-order valence-electron chi connectivity index (χ1n) is 6.38. The Hall–Kier alpha value is -1.81. The molecule has 1 N–H and O–H groups in total. The summed E-state index contributed by atoms with van der Waals surface area (Å²) in [5, 5.41) is 10.6. The average Bonchev–Trinajstić information content (AvgIpc) is 2.79. The number of hydrogen-bond donors (Lipinski definition) is 1. The molecule has 0 unspecified atom stereocenters. The lowest BCUT2D eigenvalue weighted by Crippen LogP contribution is -2.11. The van der Waals surface area contributed by atoms with Crippen LogP contribution >= 0.6 is 11.3 Å². The molecule has 0 aliphatic carbocycles. The standard InChI is InChI=1S/C16H18O3S/c1-10-7-11(16(2,3)4)5-6-13(10)19-12-8-14(15(17)18)20-9-12/h5-9H,1-4H3,(H,17,18). The highest BCUT2D eigenvalue weighted by atomic mass is 32.1. The van der Waals surface area contributed by atoms with Crippen molar-refractivity contribution in [3.63, 3.8) is 0 Å². The minimum absolute atomic E-state index is 0.0994. The number of aryl methyl sites for hydroxylation is 1. The summed E-state index contributed by atoms with van der Waals surface area (Å²) in [6, 6.07) is 7.64. The largest absolute Gasteiger partial charge is 0.477 e. The van der Waals surface area contributed by atoms with E-state index in [9.17, 15) is 4.79 Å². The average molecular weight is 290 g/mol. The summed E-state index contributed by atoms with van der Waals surface area (Å²) in [7, 11) is 0. The highest BCUT2D eigenvalue weighted by Crippen LogP contribution is 2.32. The van der Waals surface area contributed by atoms with Crippen LogP contribution in [0.4, 0.5) is 0 Å². The van der Waals surface area contributed by atoms with Gasteiger partial charge in [-0.15, -0.1) is 11.3 Å². The van der Waals surface area contributed by atoms with E-state index in [1.54, 1.807) is 11.4 Å². The van der Waals surface area contributed by atoms with Gasteiger partial charge < -0.3 is 9.84 Å². The molecular formula is C16H18O3S. The second-order valence-corrected chi connectivity index (χ2v) is 6.70. The van der Waals surface area contributed by atoms with Gasteiger partial charge in [-0.3, -0.25) is 0 Å². The van der Waals surface area contributed by atoms with Gasteiger partial charge in [-0.2, -0.15) is 0 Å². The van der Waals surface area contributed by atoms with Crippen LogP contribution in [0, 0.1) is 6.92 Å². The maximum Gasteiger partial charge on any atom is 0.346 e. The molecule has 20 heavy (non-hydrogen) atoms. The number of benzene rings is 1. The smallest absolute Gasteiger partial charge is 0.346 e. The summed E-state index contributed by atoms with van der Waals surface area (Å²) < 4.78 is 5.75. The molecule has 0 aliphatic heterocycles. The van der Waals surface area contributed by atoms with Crippen LogP contribution < -0.4 is 4.74 Å². The molecule has 0 aliphatic rings. The van der Waals surface area contributed by atoms with E-state index in [1.165, 1.54) is 16.9 Å². The van der Waals surface area contributed by atoms with Gasteiger partial charge in [0.1, 0.15) is 16.4 Å². The second kappa shape index (κ2) is 5.29. The molecular weight excluding hydrogens is 272 g/mol. The quantitative estimate of drug-likeness (QED) is 0.879. The van der Waals surface area contributed by atoms with Gasteiger partial charge in [-0.25, -0.2) is 4.79 Å². The Morgan fingerprint density at radius 3 is 2.45 bits per heavy atom. The van der Waals surface area contributed by atoms with Crippen LogP contribution in [0.25, 0.3) is 0 Å². The summed E-state index contributed by atoms with van der Waals surface area (Å²) in [6.45, 7) is 8.50. The van der Waals surface area contributed by atoms with Crippen molar-refractivity contribution < 1.29 is 14.6 Å². The van der Waals surface area contributed by atoms with Crippen molar-refractivity contribution in [3.05, 3.63) is 45.6 Å². The lowest BCUT2D eigenvalue weighted by Gasteiger charge is -2.20. The number of thiophene rings is 1. The van der Waals surface area contributed by atoms with Crippen molar-refractivity contribution in [2.75, 3.05) is 0 Å². The second-order valence-electron chi connectivity index (χ2n) is 5.78. The number of hydrogen-bond acceptors (Lipinski definition) is 3. The number of carboxylic acids is 1. The van der Waals surface area contributed by atoms with E-state index in [1.807, 2.05) is 19.1 Å². The van der Waals surface area contributed by atoms with Gasteiger partial charge in [0.2, 0.25) is 0 Å². The highest BCUT2D eigenvalue weighted by Gasteiger charge is 2.15. The molecule has 1 aromatic carbocycles. The first kappa shape index (κ1) is 14.6. The fourth-order valence-electron chi connectivity index (χ4n) is 1.84. The van der Waals surface area contributed by atoms with E-state index in [2.05, 4.69) is 26.8 Å². The van der Waals surface area contributed by atoms with Crippen molar-refractivity contribution in [2.45, 2.75) is 33.1 Å². The lowest BCUT2D eigenvalue weighted by molar-refractivity contribution is 0.0702. The summed E-state index contributed by atoms with van der Waals surface area (Å²) >= 11 is 1.17. The summed E-state index contributed by atoms with van der Waals surface area (Å²) in [6.07, 6.45) is 0. The van der Waals surface area contributed by atoms with Crippen molar-refractivity contribution in [3.8, 4) is 11.5 Å². The molecule has 4 heteroatoms. The molecule has 0 radical (unpaired) electrons. The Bertz CT molecular complexity index is 635. The van der Waals surface area contributed by atoms with Crippen LogP contribution in [0.3, 0.4) is 0 Å². The van der Waals surface area contributed by atoms with Gasteiger partial charge in [0.05, 0.1) is 0 Å². The third kappa shape index (κ3) is 3.20. The fraction of sp³-hybridized carbons (Fsp3) is 0.312. The van der Waals surface area contributed by atoms with E-state index in [0.717, 1.165) is 11.3 Å². The van der Waals surface area contributed by atoms with Gasteiger partial charge in [-0.1, -0.05) is 32.9 Å². The molecule has 3 nitrogen and oxygen atoms in total. The van der Waals surface area contributed by atoms with Crippen LogP contribution in [-0.2, 0) is 5.41 Å². The maximum atomic E-state index is 10.8. The molecule has 2 rings (SSSR count). The van der Waals surface area contributed by atoms with E-state index in [-0.39, 0.29) is 10.3 Å². The Kier molecular flexibility index (Phi) is 3.86. The molecule has 0 saturated heterocycles. The first-order chi connectivity index (χ1) is 9.27. The van der Waals surface area contributed by atoms with Gasteiger partial charge in [0, 0.05) is 11.4 Å². The monoisotopic (exact) mass is 290 g/mol. The summed E-state index contributed by atoms with van der Waals surface area (Å²) in [5.41, 5.74) is 2.39. The van der Waals surface area contributed by atoms with Crippen LogP contribution in [0.15, 0.2) is 29.6 Å². The molecule has 2 aromatic rings. The molecule has 0 spiro atoms. The fourth-order valence-corrected chi connectivity index (χ4v) is 2.49. The molecule has 0 atom stereocenters. The zero-order valence-corrected chi connectivity index (χ0v) is 12.9. The van der Waals surface area contributed by atoms with Crippen molar-refractivity contribution in [1.29, 1.82) is 0 Å². The zero-order valence-electron chi connectivity index (χ0n) is 12.1. The van der Waals surface area contributed by atoms with Crippen molar-refractivity contribution in [1.82, 2.24) is 0 Å². The third-order valence-corrected chi connectivity index (χ3v) is 3.95. The zero-order chi connectivity index (χ0) is 14.9. The van der Waals surface area contributed by atoms with Crippen molar-refractivity contribution >= 4 is 17.3 Å². The van der Waals surface area contributed by atoms with E-state index >= 15 is 0 Å². The van der Waals surface area contributed by atoms with Crippen LogP contribution in [-0.4, -0.2) is 11.1 Å². The predicted molar refractivity (Wildman–Crippen MR) is 81.2 cm³/mol. The maximum absolute atomic E-state index is 10.8. The van der Waals surface area contributed by atoms with Gasteiger partial charge in [0.25, 0.3) is 0 Å². The van der Waals surface area contributed by atoms with Crippen LogP contribution in [0.2, 0.25) is 0 Å². The number of carboxylic acid groups (broad SMARTS) is 1. The minimum atomic E-state index is -0.926. The summed E-state index contributed by atoms with van der Waals surface area (Å²) in [4.78, 5) is 11.1. The highest BCUT2D eigenvalue weighted by molar-refractivity contribution is 7.12. The van der Waals surface area contributed by atoms with E-state index in [0.29, 0.717) is 5.75 Å². The van der Waals surface area contributed by atoms with Gasteiger partial charge >= 0.3 is 5.97 Å². The number of rotatable bonds is 3. The molecule has 0 bridgehead atoms. The summed E-state index contributed by atoms with van der Waals surface area (Å²) in [5.74, 6) is 0.399. The van der Waals surface area contributed by atoms with E-state index < -0.39 is 5.97 Å². The molecule has 106 valence electrons.